The molecule has 2 heterocycles. The smallest absolute Gasteiger partial charge is 0.250 e. The van der Waals surface area contributed by atoms with Crippen molar-refractivity contribution < 1.29 is 4.79 Å². The van der Waals surface area contributed by atoms with Crippen molar-refractivity contribution in [1.29, 1.82) is 0 Å². The van der Waals surface area contributed by atoms with Crippen LogP contribution in [0.1, 0.15) is 12.5 Å². The zero-order valence-electron chi connectivity index (χ0n) is 15.7. The standard InChI is InChI=1S/C20H19BrN6OS/c1-14(2)12-27-19(16-3-5-17(21)6-4-16)25-26-20(27)29-13-18(28)24-23-11-15-7-9-22-10-8-15/h3-11H,1,12-13H2,2H3,(H,24,28)/b23-11+. The van der Waals surface area contributed by atoms with Crippen LogP contribution in [0.5, 0.6) is 0 Å². The highest BCUT2D eigenvalue weighted by Crippen LogP contribution is 2.26. The lowest BCUT2D eigenvalue weighted by Gasteiger charge is -2.10. The molecule has 148 valence electrons. The van der Waals surface area contributed by atoms with E-state index in [2.05, 4.69) is 48.2 Å². The molecule has 3 aromatic rings. The van der Waals surface area contributed by atoms with Gasteiger partial charge in [0.15, 0.2) is 11.0 Å². The van der Waals surface area contributed by atoms with Crippen LogP contribution in [0.4, 0.5) is 0 Å². The number of carbonyl (C=O) groups is 1. The molecular formula is C20H19BrN6OS. The number of aromatic nitrogens is 4. The van der Waals surface area contributed by atoms with Gasteiger partial charge in [0.1, 0.15) is 0 Å². The molecule has 0 unspecified atom stereocenters. The average molecular weight is 471 g/mol. The summed E-state index contributed by atoms with van der Waals surface area (Å²) in [5, 5.41) is 13.2. The maximum Gasteiger partial charge on any atom is 0.250 e. The fraction of sp³-hybridized carbons (Fsp3) is 0.150. The highest BCUT2D eigenvalue weighted by atomic mass is 79.9. The number of amides is 1. The summed E-state index contributed by atoms with van der Waals surface area (Å²) in [5.74, 6) is 0.678. The lowest BCUT2D eigenvalue weighted by Crippen LogP contribution is -2.20. The number of hydrazone groups is 1. The van der Waals surface area contributed by atoms with Crippen LogP contribution in [-0.4, -0.2) is 37.6 Å². The number of hydrogen-bond donors (Lipinski definition) is 1. The van der Waals surface area contributed by atoms with Crippen molar-refractivity contribution in [2.24, 2.45) is 5.10 Å². The van der Waals surface area contributed by atoms with E-state index in [4.69, 9.17) is 0 Å². The van der Waals surface area contributed by atoms with E-state index in [1.165, 1.54) is 11.8 Å². The molecule has 9 heteroatoms. The zero-order chi connectivity index (χ0) is 20.6. The molecule has 0 aliphatic heterocycles. The van der Waals surface area contributed by atoms with E-state index < -0.39 is 0 Å². The van der Waals surface area contributed by atoms with E-state index in [0.29, 0.717) is 11.7 Å². The van der Waals surface area contributed by atoms with Crippen molar-refractivity contribution in [3.05, 3.63) is 71.0 Å². The molecule has 1 amide bonds. The Hall–Kier alpha value is -2.78. The Kier molecular flexibility index (Phi) is 7.31. The molecule has 0 spiro atoms. The minimum atomic E-state index is -0.227. The van der Waals surface area contributed by atoms with Gasteiger partial charge >= 0.3 is 0 Å². The van der Waals surface area contributed by atoms with Crippen LogP contribution < -0.4 is 5.43 Å². The van der Waals surface area contributed by atoms with Crippen LogP contribution in [-0.2, 0) is 11.3 Å². The van der Waals surface area contributed by atoms with Crippen LogP contribution in [0.25, 0.3) is 11.4 Å². The summed E-state index contributed by atoms with van der Waals surface area (Å²) in [5.41, 5.74) is 5.28. The summed E-state index contributed by atoms with van der Waals surface area (Å²) >= 11 is 4.74. The molecule has 2 aromatic heterocycles. The van der Waals surface area contributed by atoms with Gasteiger partial charge in [0.25, 0.3) is 5.91 Å². The topological polar surface area (TPSA) is 85.1 Å². The van der Waals surface area contributed by atoms with Gasteiger partial charge in [0, 0.05) is 29.0 Å². The van der Waals surface area contributed by atoms with Crippen LogP contribution in [0.2, 0.25) is 0 Å². The van der Waals surface area contributed by atoms with Crippen molar-refractivity contribution >= 4 is 39.8 Å². The zero-order valence-corrected chi connectivity index (χ0v) is 18.2. The lowest BCUT2D eigenvalue weighted by atomic mass is 10.2. The van der Waals surface area contributed by atoms with Gasteiger partial charge in [-0.1, -0.05) is 52.0 Å². The third-order valence-corrected chi connectivity index (χ3v) is 5.18. The average Bonchev–Trinajstić information content (AvgIpc) is 3.09. The van der Waals surface area contributed by atoms with Gasteiger partial charge in [0.2, 0.25) is 0 Å². The normalized spacial score (nSPS) is 11.0. The van der Waals surface area contributed by atoms with Gasteiger partial charge in [-0.3, -0.25) is 14.3 Å². The molecule has 0 aliphatic carbocycles. The number of allylic oxidation sites excluding steroid dienone is 1. The second kappa shape index (κ2) is 10.1. The molecule has 0 aliphatic rings. The number of nitrogens with one attached hydrogen (secondary N) is 1. The molecule has 7 nitrogen and oxygen atoms in total. The Labute approximate surface area is 181 Å². The van der Waals surface area contributed by atoms with Crippen molar-refractivity contribution in [3.8, 4) is 11.4 Å². The quantitative estimate of drug-likeness (QED) is 0.233. The first-order chi connectivity index (χ1) is 14.0. The van der Waals surface area contributed by atoms with Crippen molar-refractivity contribution in [2.75, 3.05) is 5.75 Å². The minimum absolute atomic E-state index is 0.169. The summed E-state index contributed by atoms with van der Waals surface area (Å²) in [6, 6.07) is 11.4. The second-order valence-corrected chi connectivity index (χ2v) is 8.08. The number of halogens is 1. The molecule has 0 radical (unpaired) electrons. The maximum absolute atomic E-state index is 12.1. The fourth-order valence-electron chi connectivity index (χ4n) is 2.41. The van der Waals surface area contributed by atoms with E-state index in [1.54, 1.807) is 30.7 Å². The molecule has 0 saturated carbocycles. The first kappa shape index (κ1) is 20.9. The number of rotatable bonds is 8. The fourth-order valence-corrected chi connectivity index (χ4v) is 3.41. The number of benzene rings is 1. The van der Waals surface area contributed by atoms with Crippen LogP contribution in [0.3, 0.4) is 0 Å². The number of nitrogens with zero attached hydrogens (tertiary/aromatic N) is 5. The van der Waals surface area contributed by atoms with E-state index in [9.17, 15) is 4.79 Å². The van der Waals surface area contributed by atoms with Crippen molar-refractivity contribution in [1.82, 2.24) is 25.2 Å². The predicted octanol–water partition coefficient (Wildman–Crippen LogP) is 3.92. The summed E-state index contributed by atoms with van der Waals surface area (Å²) in [6.07, 6.45) is 4.90. The largest absolute Gasteiger partial charge is 0.298 e. The van der Waals surface area contributed by atoms with Crippen molar-refractivity contribution in [2.45, 2.75) is 18.6 Å². The monoisotopic (exact) mass is 470 g/mol. The van der Waals surface area contributed by atoms with E-state index in [1.807, 2.05) is 35.8 Å². The number of carbonyl (C=O) groups excluding carboxylic acids is 1. The molecule has 29 heavy (non-hydrogen) atoms. The van der Waals surface area contributed by atoms with Gasteiger partial charge < -0.3 is 0 Å². The Bertz CT molecular complexity index is 1020. The van der Waals surface area contributed by atoms with Gasteiger partial charge in [-0.25, -0.2) is 5.43 Å². The lowest BCUT2D eigenvalue weighted by molar-refractivity contribution is -0.118. The molecule has 3 rings (SSSR count). The number of pyridine rings is 1. The molecule has 0 bridgehead atoms. The predicted molar refractivity (Wildman–Crippen MR) is 119 cm³/mol. The van der Waals surface area contributed by atoms with Gasteiger partial charge in [-0.15, -0.1) is 10.2 Å². The van der Waals surface area contributed by atoms with Crippen molar-refractivity contribution in [3.63, 3.8) is 0 Å². The highest BCUT2D eigenvalue weighted by Gasteiger charge is 2.15. The SMILES string of the molecule is C=C(C)Cn1c(SCC(=O)N/N=C/c2ccncc2)nnc1-c1ccc(Br)cc1. The van der Waals surface area contributed by atoms with E-state index in [-0.39, 0.29) is 11.7 Å². The van der Waals surface area contributed by atoms with E-state index >= 15 is 0 Å². The molecule has 0 atom stereocenters. The Morgan fingerprint density at radius 2 is 1.97 bits per heavy atom. The third-order valence-electron chi connectivity index (χ3n) is 3.69. The van der Waals surface area contributed by atoms with E-state index in [0.717, 1.165) is 27.0 Å². The van der Waals surface area contributed by atoms with Crippen LogP contribution in [0.15, 0.2) is 75.7 Å². The molecule has 0 fully saturated rings. The number of hydrogen-bond acceptors (Lipinski definition) is 6. The summed E-state index contributed by atoms with van der Waals surface area (Å²) < 4.78 is 2.95. The molecule has 1 aromatic carbocycles. The second-order valence-electron chi connectivity index (χ2n) is 6.22. The van der Waals surface area contributed by atoms with Gasteiger partial charge in [0.05, 0.1) is 12.0 Å². The molecule has 1 N–H and O–H groups in total. The summed E-state index contributed by atoms with van der Waals surface area (Å²) in [4.78, 5) is 16.0. The van der Waals surface area contributed by atoms with Gasteiger partial charge in [-0.05, 0) is 36.8 Å². The Morgan fingerprint density at radius 1 is 1.24 bits per heavy atom. The van der Waals surface area contributed by atoms with Crippen LogP contribution >= 0.6 is 27.7 Å². The Morgan fingerprint density at radius 3 is 2.66 bits per heavy atom. The number of thioether (sulfide) groups is 1. The molecular weight excluding hydrogens is 452 g/mol. The summed E-state index contributed by atoms with van der Waals surface area (Å²) in [7, 11) is 0. The molecule has 0 saturated heterocycles. The minimum Gasteiger partial charge on any atom is -0.298 e. The first-order valence-corrected chi connectivity index (χ1v) is 10.5. The van der Waals surface area contributed by atoms with Gasteiger partial charge in [-0.2, -0.15) is 5.10 Å². The third kappa shape index (κ3) is 6.10. The first-order valence-electron chi connectivity index (χ1n) is 8.71. The Balaban J connectivity index is 1.66. The van der Waals surface area contributed by atoms with Crippen LogP contribution in [0, 0.1) is 0 Å². The summed E-state index contributed by atoms with van der Waals surface area (Å²) in [6.45, 7) is 6.51. The maximum atomic E-state index is 12.1. The highest BCUT2D eigenvalue weighted by molar-refractivity contribution is 9.10.